The highest BCUT2D eigenvalue weighted by atomic mass is 19.3. The smallest absolute Gasteiger partial charge is 0.387 e. The molecular formula is C14H19F2NO2. The molecule has 0 aliphatic heterocycles. The summed E-state index contributed by atoms with van der Waals surface area (Å²) >= 11 is 0. The van der Waals surface area contributed by atoms with Crippen LogP contribution in [0.4, 0.5) is 14.5 Å². The molecule has 5 heteroatoms. The van der Waals surface area contributed by atoms with E-state index in [1.54, 1.807) is 12.1 Å². The van der Waals surface area contributed by atoms with Crippen molar-refractivity contribution in [1.82, 2.24) is 0 Å². The molecule has 0 aliphatic carbocycles. The van der Waals surface area contributed by atoms with Gasteiger partial charge in [-0.2, -0.15) is 8.78 Å². The maximum atomic E-state index is 12.3. The largest absolute Gasteiger partial charge is 0.435 e. The van der Waals surface area contributed by atoms with Crippen molar-refractivity contribution in [3.63, 3.8) is 0 Å². The van der Waals surface area contributed by atoms with Gasteiger partial charge in [-0.25, -0.2) is 0 Å². The molecule has 1 aromatic carbocycles. The zero-order chi connectivity index (χ0) is 14.6. The highest BCUT2D eigenvalue weighted by Gasteiger charge is 2.17. The number of carbonyl (C=O) groups is 1. The minimum absolute atomic E-state index is 0.0844. The average Bonchev–Trinajstić information content (AvgIpc) is 2.29. The maximum Gasteiger partial charge on any atom is 0.387 e. The van der Waals surface area contributed by atoms with Gasteiger partial charge < -0.3 is 10.1 Å². The van der Waals surface area contributed by atoms with Gasteiger partial charge in [0.1, 0.15) is 5.75 Å². The number of rotatable bonds is 6. The van der Waals surface area contributed by atoms with E-state index in [2.05, 4.69) is 10.1 Å². The summed E-state index contributed by atoms with van der Waals surface area (Å²) in [6.45, 7) is 4.87. The van der Waals surface area contributed by atoms with E-state index in [9.17, 15) is 13.6 Å². The molecule has 0 atom stereocenters. The van der Waals surface area contributed by atoms with E-state index in [0.717, 1.165) is 11.1 Å². The van der Waals surface area contributed by atoms with E-state index < -0.39 is 6.61 Å². The molecule has 0 fully saturated rings. The standard InChI is InChI=1S/C14H19F2NO2/c1-8(2)11-5-10(19-14(15)16)6-12(9(3)4)13(11)17-7-18/h5-9,14H,1-4H3,(H,17,18). The van der Waals surface area contributed by atoms with Gasteiger partial charge in [0.05, 0.1) is 0 Å². The normalized spacial score (nSPS) is 11.2. The van der Waals surface area contributed by atoms with Crippen molar-refractivity contribution >= 4 is 12.1 Å². The van der Waals surface area contributed by atoms with E-state index in [1.165, 1.54) is 0 Å². The second-order valence-electron chi connectivity index (χ2n) is 4.93. The lowest BCUT2D eigenvalue weighted by Crippen LogP contribution is -2.09. The molecule has 1 amide bonds. The van der Waals surface area contributed by atoms with Gasteiger partial charge in [0.15, 0.2) is 0 Å². The van der Waals surface area contributed by atoms with Gasteiger partial charge in [-0.05, 0) is 35.1 Å². The molecule has 0 aromatic heterocycles. The molecule has 0 spiro atoms. The van der Waals surface area contributed by atoms with Crippen LogP contribution in [-0.4, -0.2) is 13.0 Å². The number of benzene rings is 1. The Balaban J connectivity index is 3.38. The number of hydrogen-bond acceptors (Lipinski definition) is 2. The summed E-state index contributed by atoms with van der Waals surface area (Å²) in [6.07, 6.45) is 0.598. The van der Waals surface area contributed by atoms with Crippen molar-refractivity contribution in [2.45, 2.75) is 46.1 Å². The molecule has 0 heterocycles. The Morgan fingerprint density at radius 3 is 1.89 bits per heavy atom. The highest BCUT2D eigenvalue weighted by molar-refractivity contribution is 5.77. The van der Waals surface area contributed by atoms with Crippen LogP contribution >= 0.6 is 0 Å². The molecule has 0 bridgehead atoms. The molecule has 0 radical (unpaired) electrons. The minimum Gasteiger partial charge on any atom is -0.435 e. The van der Waals surface area contributed by atoms with Crippen LogP contribution in [0.25, 0.3) is 0 Å². The predicted octanol–water partition coefficient (Wildman–Crippen LogP) is 4.10. The first-order valence-corrected chi connectivity index (χ1v) is 6.19. The fourth-order valence-electron chi connectivity index (χ4n) is 1.97. The number of carbonyl (C=O) groups excluding carboxylic acids is 1. The summed E-state index contributed by atoms with van der Waals surface area (Å²) in [5.74, 6) is 0.293. The number of alkyl halides is 2. The number of anilines is 1. The van der Waals surface area contributed by atoms with E-state index >= 15 is 0 Å². The van der Waals surface area contributed by atoms with Gasteiger partial charge in [0.2, 0.25) is 6.41 Å². The van der Waals surface area contributed by atoms with Crippen LogP contribution in [-0.2, 0) is 4.79 Å². The SMILES string of the molecule is CC(C)c1cc(OC(F)F)cc(C(C)C)c1NC=O. The molecule has 0 saturated heterocycles. The van der Waals surface area contributed by atoms with Crippen molar-refractivity contribution in [2.24, 2.45) is 0 Å². The summed E-state index contributed by atoms with van der Waals surface area (Å²) in [6, 6.07) is 3.10. The van der Waals surface area contributed by atoms with Gasteiger partial charge in [0.25, 0.3) is 0 Å². The zero-order valence-electron chi connectivity index (χ0n) is 11.5. The Hall–Kier alpha value is -1.65. The third-order valence-corrected chi connectivity index (χ3v) is 2.85. The lowest BCUT2D eigenvalue weighted by atomic mass is 9.92. The Labute approximate surface area is 112 Å². The predicted molar refractivity (Wildman–Crippen MR) is 70.9 cm³/mol. The van der Waals surface area contributed by atoms with Gasteiger partial charge in [0, 0.05) is 5.69 Å². The first kappa shape index (κ1) is 15.4. The lowest BCUT2D eigenvalue weighted by molar-refractivity contribution is -0.105. The van der Waals surface area contributed by atoms with Crippen molar-refractivity contribution in [3.05, 3.63) is 23.3 Å². The topological polar surface area (TPSA) is 38.3 Å². The van der Waals surface area contributed by atoms with E-state index in [4.69, 9.17) is 0 Å². The van der Waals surface area contributed by atoms with Crippen LogP contribution in [0.1, 0.15) is 50.7 Å². The number of halogens is 2. The van der Waals surface area contributed by atoms with E-state index in [1.807, 2.05) is 27.7 Å². The number of ether oxygens (including phenoxy) is 1. The van der Waals surface area contributed by atoms with Crippen molar-refractivity contribution in [2.75, 3.05) is 5.32 Å². The summed E-state index contributed by atoms with van der Waals surface area (Å²) in [7, 11) is 0. The minimum atomic E-state index is -2.86. The molecule has 1 N–H and O–H groups in total. The average molecular weight is 271 g/mol. The zero-order valence-corrected chi connectivity index (χ0v) is 11.5. The maximum absolute atomic E-state index is 12.3. The summed E-state index contributed by atoms with van der Waals surface area (Å²) < 4.78 is 29.2. The van der Waals surface area contributed by atoms with Crippen LogP contribution in [0, 0.1) is 0 Å². The molecule has 106 valence electrons. The third-order valence-electron chi connectivity index (χ3n) is 2.85. The fourth-order valence-corrected chi connectivity index (χ4v) is 1.97. The van der Waals surface area contributed by atoms with Crippen molar-refractivity contribution in [3.8, 4) is 5.75 Å². The van der Waals surface area contributed by atoms with Gasteiger partial charge in [-0.1, -0.05) is 27.7 Å². The summed E-state index contributed by atoms with van der Waals surface area (Å²) in [5.41, 5.74) is 2.25. The molecule has 19 heavy (non-hydrogen) atoms. The van der Waals surface area contributed by atoms with Crippen LogP contribution < -0.4 is 10.1 Å². The van der Waals surface area contributed by atoms with Crippen LogP contribution in [0.15, 0.2) is 12.1 Å². The quantitative estimate of drug-likeness (QED) is 0.791. The Morgan fingerprint density at radius 1 is 1.11 bits per heavy atom. The van der Waals surface area contributed by atoms with Gasteiger partial charge in [-0.15, -0.1) is 0 Å². The molecule has 0 unspecified atom stereocenters. The molecule has 3 nitrogen and oxygen atoms in total. The van der Waals surface area contributed by atoms with Crippen molar-refractivity contribution in [1.29, 1.82) is 0 Å². The number of amides is 1. The third kappa shape index (κ3) is 3.91. The van der Waals surface area contributed by atoms with Crippen LogP contribution in [0.2, 0.25) is 0 Å². The highest BCUT2D eigenvalue weighted by Crippen LogP contribution is 2.36. The number of hydrogen-bond donors (Lipinski definition) is 1. The Morgan fingerprint density at radius 2 is 1.58 bits per heavy atom. The second kappa shape index (κ2) is 6.50. The first-order valence-electron chi connectivity index (χ1n) is 6.19. The van der Waals surface area contributed by atoms with Gasteiger partial charge >= 0.3 is 6.61 Å². The van der Waals surface area contributed by atoms with Crippen LogP contribution in [0.3, 0.4) is 0 Å². The molecule has 0 saturated carbocycles. The van der Waals surface area contributed by atoms with E-state index in [-0.39, 0.29) is 17.6 Å². The Bertz CT molecular complexity index is 416. The Kier molecular flexibility index (Phi) is 5.27. The summed E-state index contributed by atoms with van der Waals surface area (Å²) in [5, 5.41) is 2.66. The molecule has 1 rings (SSSR count). The lowest BCUT2D eigenvalue weighted by Gasteiger charge is -2.20. The summed E-state index contributed by atoms with van der Waals surface area (Å²) in [4.78, 5) is 10.7. The van der Waals surface area contributed by atoms with Crippen molar-refractivity contribution < 1.29 is 18.3 Å². The first-order chi connectivity index (χ1) is 8.86. The van der Waals surface area contributed by atoms with Gasteiger partial charge in [-0.3, -0.25) is 4.79 Å². The molecule has 0 aliphatic rings. The monoisotopic (exact) mass is 271 g/mol. The molecule has 1 aromatic rings. The second-order valence-corrected chi connectivity index (χ2v) is 4.93. The fraction of sp³-hybridized carbons (Fsp3) is 0.500. The van der Waals surface area contributed by atoms with E-state index in [0.29, 0.717) is 12.1 Å². The number of nitrogens with one attached hydrogen (secondary N) is 1. The van der Waals surface area contributed by atoms with Crippen LogP contribution in [0.5, 0.6) is 5.75 Å². The molecular weight excluding hydrogens is 252 g/mol.